The zero-order chi connectivity index (χ0) is 27.2. The normalized spacial score (nSPS) is 13.5. The highest BCUT2D eigenvalue weighted by Gasteiger charge is 2.19. The zero-order valence-electron chi connectivity index (χ0n) is 21.9. The molecule has 1 aliphatic carbocycles. The summed E-state index contributed by atoms with van der Waals surface area (Å²) in [6, 6.07) is 16.4. The van der Waals surface area contributed by atoms with Gasteiger partial charge in [0.2, 0.25) is 11.8 Å². The second-order valence-corrected chi connectivity index (χ2v) is 9.77. The van der Waals surface area contributed by atoms with E-state index in [0.29, 0.717) is 56.8 Å². The van der Waals surface area contributed by atoms with Crippen molar-refractivity contribution >= 4 is 29.1 Å². The number of carbonyl (C=O) groups excluding carboxylic acids is 1. The predicted molar refractivity (Wildman–Crippen MR) is 153 cm³/mol. The molecule has 200 valence electrons. The van der Waals surface area contributed by atoms with Crippen LogP contribution in [-0.4, -0.2) is 35.0 Å². The number of halogens is 1. The highest BCUT2D eigenvalue weighted by molar-refractivity contribution is 6.32. The van der Waals surface area contributed by atoms with Gasteiger partial charge in [-0.3, -0.25) is 4.79 Å². The van der Waals surface area contributed by atoms with E-state index in [1.807, 2.05) is 18.2 Å². The molecule has 4 aromatic rings. The summed E-state index contributed by atoms with van der Waals surface area (Å²) < 4.78 is 11.7. The van der Waals surface area contributed by atoms with E-state index in [-0.39, 0.29) is 5.91 Å². The third-order valence-electron chi connectivity index (χ3n) is 6.87. The molecule has 0 saturated heterocycles. The van der Waals surface area contributed by atoms with E-state index in [1.165, 1.54) is 37.7 Å². The Morgan fingerprint density at radius 1 is 0.974 bits per heavy atom. The van der Waals surface area contributed by atoms with Crippen LogP contribution in [-0.2, 0) is 0 Å². The minimum atomic E-state index is -0.300. The standard InChI is InChI=1S/C30H30ClN5O3/c1-32-30-34-16-14-24(36-30)22-9-6-15-33-29(22)39-27-18-21(10-12-23(27)31)28(37)35-25-17-20(11-13-26(25)38-2)19-7-4-3-5-8-19/h6,9-19H,3-5,7-8H2,1-2H3,(H,35,37)(H,32,34,36). The van der Waals surface area contributed by atoms with Crippen LogP contribution in [0.15, 0.2) is 67.0 Å². The van der Waals surface area contributed by atoms with Gasteiger partial charge in [-0.1, -0.05) is 36.9 Å². The number of carbonyl (C=O) groups is 1. The molecule has 1 saturated carbocycles. The summed E-state index contributed by atoms with van der Waals surface area (Å²) in [5.41, 5.74) is 3.54. The highest BCUT2D eigenvalue weighted by Crippen LogP contribution is 2.37. The third kappa shape index (κ3) is 6.12. The molecule has 1 aliphatic rings. The van der Waals surface area contributed by atoms with Gasteiger partial charge in [-0.15, -0.1) is 0 Å². The first-order chi connectivity index (χ1) is 19.1. The van der Waals surface area contributed by atoms with Crippen molar-refractivity contribution in [2.45, 2.75) is 38.0 Å². The molecule has 5 rings (SSSR count). The first-order valence-corrected chi connectivity index (χ1v) is 13.4. The Kier molecular flexibility index (Phi) is 8.22. The zero-order valence-corrected chi connectivity index (χ0v) is 22.7. The van der Waals surface area contributed by atoms with Crippen LogP contribution in [0.2, 0.25) is 5.02 Å². The summed E-state index contributed by atoms with van der Waals surface area (Å²) in [6.07, 6.45) is 9.36. The van der Waals surface area contributed by atoms with E-state index in [4.69, 9.17) is 21.1 Å². The monoisotopic (exact) mass is 543 g/mol. The van der Waals surface area contributed by atoms with Crippen LogP contribution in [0, 0.1) is 0 Å². The Hall–Kier alpha value is -4.17. The number of amides is 1. The number of rotatable bonds is 8. The topological polar surface area (TPSA) is 98.3 Å². The van der Waals surface area contributed by atoms with Crippen molar-refractivity contribution in [2.24, 2.45) is 0 Å². The van der Waals surface area contributed by atoms with Crippen LogP contribution in [0.1, 0.15) is 53.9 Å². The lowest BCUT2D eigenvalue weighted by atomic mass is 9.84. The number of methoxy groups -OCH3 is 1. The number of nitrogens with one attached hydrogen (secondary N) is 2. The maximum atomic E-state index is 13.3. The average Bonchev–Trinajstić information content (AvgIpc) is 2.99. The molecule has 1 fully saturated rings. The molecule has 0 aliphatic heterocycles. The smallest absolute Gasteiger partial charge is 0.255 e. The molecule has 39 heavy (non-hydrogen) atoms. The molecule has 8 nitrogen and oxygen atoms in total. The molecule has 0 atom stereocenters. The van der Waals surface area contributed by atoms with Crippen LogP contribution in [0.3, 0.4) is 0 Å². The molecule has 0 bridgehead atoms. The molecule has 0 unspecified atom stereocenters. The Morgan fingerprint density at radius 3 is 2.62 bits per heavy atom. The first kappa shape index (κ1) is 26.4. The number of nitrogens with zero attached hydrogens (tertiary/aromatic N) is 3. The number of hydrogen-bond acceptors (Lipinski definition) is 7. The summed E-state index contributed by atoms with van der Waals surface area (Å²) in [5, 5.41) is 6.29. The lowest BCUT2D eigenvalue weighted by Gasteiger charge is -2.23. The van der Waals surface area contributed by atoms with E-state index in [1.54, 1.807) is 56.9 Å². The molecule has 2 aromatic carbocycles. The highest BCUT2D eigenvalue weighted by atomic mass is 35.5. The molecule has 9 heteroatoms. The van der Waals surface area contributed by atoms with Crippen molar-refractivity contribution in [3.05, 3.63) is 83.1 Å². The average molecular weight is 544 g/mol. The van der Waals surface area contributed by atoms with E-state index >= 15 is 0 Å². The lowest BCUT2D eigenvalue weighted by molar-refractivity contribution is 0.102. The number of hydrogen-bond donors (Lipinski definition) is 2. The summed E-state index contributed by atoms with van der Waals surface area (Å²) in [6.45, 7) is 0. The number of aromatic nitrogens is 3. The van der Waals surface area contributed by atoms with Gasteiger partial charge in [-0.05, 0) is 72.9 Å². The van der Waals surface area contributed by atoms with Gasteiger partial charge >= 0.3 is 0 Å². The molecule has 0 spiro atoms. The molecular formula is C30H30ClN5O3. The van der Waals surface area contributed by atoms with Crippen molar-refractivity contribution < 1.29 is 14.3 Å². The van der Waals surface area contributed by atoms with Gasteiger partial charge in [0.05, 0.1) is 29.1 Å². The predicted octanol–water partition coefficient (Wildman–Crippen LogP) is 7.33. The number of pyridine rings is 1. The van der Waals surface area contributed by atoms with Crippen LogP contribution >= 0.6 is 11.6 Å². The van der Waals surface area contributed by atoms with Gasteiger partial charge in [0.1, 0.15) is 11.5 Å². The van der Waals surface area contributed by atoms with Crippen LogP contribution in [0.4, 0.5) is 11.6 Å². The van der Waals surface area contributed by atoms with Crippen LogP contribution in [0.5, 0.6) is 17.4 Å². The van der Waals surface area contributed by atoms with Gasteiger partial charge in [0.15, 0.2) is 0 Å². The maximum absolute atomic E-state index is 13.3. The van der Waals surface area contributed by atoms with Crippen molar-refractivity contribution in [1.82, 2.24) is 15.0 Å². The van der Waals surface area contributed by atoms with Gasteiger partial charge < -0.3 is 20.1 Å². The van der Waals surface area contributed by atoms with Crippen molar-refractivity contribution in [3.8, 4) is 28.6 Å². The summed E-state index contributed by atoms with van der Waals surface area (Å²) >= 11 is 6.47. The van der Waals surface area contributed by atoms with Gasteiger partial charge in [0.25, 0.3) is 5.91 Å². The van der Waals surface area contributed by atoms with Crippen molar-refractivity contribution in [2.75, 3.05) is 24.8 Å². The first-order valence-electron chi connectivity index (χ1n) is 13.0. The molecular weight excluding hydrogens is 514 g/mol. The number of anilines is 2. The fourth-order valence-electron chi connectivity index (χ4n) is 4.83. The van der Waals surface area contributed by atoms with Crippen LogP contribution < -0.4 is 20.1 Å². The second kappa shape index (κ2) is 12.1. The molecule has 2 N–H and O–H groups in total. The van der Waals surface area contributed by atoms with Crippen molar-refractivity contribution in [3.63, 3.8) is 0 Å². The van der Waals surface area contributed by atoms with Gasteiger partial charge in [-0.25, -0.2) is 15.0 Å². The lowest BCUT2D eigenvalue weighted by Crippen LogP contribution is -2.14. The molecule has 1 amide bonds. The van der Waals surface area contributed by atoms with Crippen molar-refractivity contribution in [1.29, 1.82) is 0 Å². The Bertz CT molecular complexity index is 1470. The fraction of sp³-hybridized carbons (Fsp3) is 0.267. The minimum Gasteiger partial charge on any atom is -0.495 e. The number of benzene rings is 2. The second-order valence-electron chi connectivity index (χ2n) is 9.37. The number of ether oxygens (including phenoxy) is 2. The molecule has 2 aromatic heterocycles. The van der Waals surface area contributed by atoms with Crippen LogP contribution in [0.25, 0.3) is 11.3 Å². The fourth-order valence-corrected chi connectivity index (χ4v) is 4.99. The van der Waals surface area contributed by atoms with E-state index in [0.717, 1.165) is 0 Å². The molecule has 0 radical (unpaired) electrons. The van der Waals surface area contributed by atoms with Gasteiger partial charge in [0, 0.05) is 25.0 Å². The van der Waals surface area contributed by atoms with E-state index in [2.05, 4.69) is 31.7 Å². The Morgan fingerprint density at radius 2 is 1.82 bits per heavy atom. The maximum Gasteiger partial charge on any atom is 0.255 e. The summed E-state index contributed by atoms with van der Waals surface area (Å²) in [4.78, 5) is 26.4. The van der Waals surface area contributed by atoms with Gasteiger partial charge in [-0.2, -0.15) is 0 Å². The SMILES string of the molecule is CNc1nccc(-c2cccnc2Oc2cc(C(=O)Nc3cc(C4CCCCC4)ccc3OC)ccc2Cl)n1. The quantitative estimate of drug-likeness (QED) is 0.240. The Labute approximate surface area is 232 Å². The summed E-state index contributed by atoms with van der Waals surface area (Å²) in [5.74, 6) is 1.89. The minimum absolute atomic E-state index is 0.300. The third-order valence-corrected chi connectivity index (χ3v) is 7.19. The Balaban J connectivity index is 1.40. The largest absolute Gasteiger partial charge is 0.495 e. The summed E-state index contributed by atoms with van der Waals surface area (Å²) in [7, 11) is 3.35. The van der Waals surface area contributed by atoms with E-state index < -0.39 is 0 Å². The van der Waals surface area contributed by atoms with E-state index in [9.17, 15) is 4.79 Å². The molecule has 2 heterocycles.